The highest BCUT2D eigenvalue weighted by Gasteiger charge is 2.06. The van der Waals surface area contributed by atoms with Crippen LogP contribution in [0.25, 0.3) is 6.08 Å². The molecule has 0 radical (unpaired) electrons. The van der Waals surface area contributed by atoms with Crippen molar-refractivity contribution in [3.8, 4) is 0 Å². The topological polar surface area (TPSA) is 80.4 Å². The molecule has 1 N–H and O–H groups in total. The number of aryl methyl sites for hydroxylation is 1. The summed E-state index contributed by atoms with van der Waals surface area (Å²) in [6.07, 6.45) is 12.9. The Kier molecular flexibility index (Phi) is 9.68. The van der Waals surface area contributed by atoms with Gasteiger partial charge in [0.15, 0.2) is 12.2 Å². The van der Waals surface area contributed by atoms with E-state index in [1.807, 2.05) is 0 Å². The third-order valence-electron chi connectivity index (χ3n) is 3.67. The fourth-order valence-electron chi connectivity index (χ4n) is 2.33. The van der Waals surface area contributed by atoms with Crippen molar-refractivity contribution in [2.75, 3.05) is 0 Å². The van der Waals surface area contributed by atoms with Gasteiger partial charge in [-0.2, -0.15) is 0 Å². The summed E-state index contributed by atoms with van der Waals surface area (Å²) >= 11 is 0. The number of carbonyl (C=O) groups excluding carboxylic acids is 1. The normalized spacial score (nSPS) is 11.2. The third kappa shape index (κ3) is 8.96. The third-order valence-corrected chi connectivity index (χ3v) is 3.67. The molecule has 1 heterocycles. The first-order chi connectivity index (χ1) is 11.1. The molecule has 5 heteroatoms. The van der Waals surface area contributed by atoms with Gasteiger partial charge in [-0.1, -0.05) is 32.6 Å². The van der Waals surface area contributed by atoms with Gasteiger partial charge in [0.1, 0.15) is 5.76 Å². The highest BCUT2D eigenvalue weighted by Crippen LogP contribution is 2.14. The van der Waals surface area contributed by atoms with Crippen molar-refractivity contribution < 1.29 is 19.1 Å². The maximum Gasteiger partial charge on any atom is 0.303 e. The average molecular weight is 321 g/mol. The van der Waals surface area contributed by atoms with Crippen LogP contribution in [0.1, 0.15) is 76.2 Å². The second kappa shape index (κ2) is 11.6. The van der Waals surface area contributed by atoms with Crippen molar-refractivity contribution in [3.05, 3.63) is 23.9 Å². The minimum Gasteiger partial charge on any atom is -0.481 e. The van der Waals surface area contributed by atoms with Gasteiger partial charge in [-0.15, -0.1) is 0 Å². The Labute approximate surface area is 137 Å². The van der Waals surface area contributed by atoms with Crippen LogP contribution in [0.5, 0.6) is 0 Å². The molecule has 1 aromatic rings. The van der Waals surface area contributed by atoms with Crippen LogP contribution in [0.3, 0.4) is 0 Å². The number of ketones is 1. The second-order valence-electron chi connectivity index (χ2n) is 5.73. The van der Waals surface area contributed by atoms with E-state index in [0.717, 1.165) is 50.6 Å². The lowest BCUT2D eigenvalue weighted by molar-refractivity contribution is -0.137. The molecule has 128 valence electrons. The molecule has 1 aromatic heterocycles. The van der Waals surface area contributed by atoms with E-state index in [1.54, 1.807) is 12.2 Å². The van der Waals surface area contributed by atoms with Gasteiger partial charge in [-0.3, -0.25) is 9.59 Å². The number of carboxylic acid groups (broad SMARTS) is 1. The predicted molar refractivity (Wildman–Crippen MR) is 89.1 cm³/mol. The first kappa shape index (κ1) is 19.1. The number of hydrogen-bond donors (Lipinski definition) is 1. The van der Waals surface area contributed by atoms with Crippen molar-refractivity contribution in [3.63, 3.8) is 0 Å². The van der Waals surface area contributed by atoms with Crippen LogP contribution < -0.4 is 0 Å². The Morgan fingerprint density at radius 1 is 1.13 bits per heavy atom. The maximum absolute atomic E-state index is 11.7. The number of allylic oxidation sites excluding steroid dienone is 1. The molecule has 0 aromatic carbocycles. The monoisotopic (exact) mass is 321 g/mol. The Hall–Kier alpha value is -1.91. The van der Waals surface area contributed by atoms with Crippen LogP contribution in [0, 0.1) is 0 Å². The predicted octanol–water partition coefficient (Wildman–Crippen LogP) is 4.41. The molecule has 0 aliphatic rings. The quantitative estimate of drug-likeness (QED) is 0.430. The molecular formula is C18H27NO4. The van der Waals surface area contributed by atoms with Crippen LogP contribution in [0.2, 0.25) is 0 Å². The van der Waals surface area contributed by atoms with E-state index in [9.17, 15) is 9.59 Å². The fourth-order valence-corrected chi connectivity index (χ4v) is 2.33. The van der Waals surface area contributed by atoms with Crippen molar-refractivity contribution >= 4 is 17.8 Å². The molecule has 0 spiro atoms. The lowest BCUT2D eigenvalue weighted by Gasteiger charge is -1.99. The van der Waals surface area contributed by atoms with E-state index in [2.05, 4.69) is 11.9 Å². The summed E-state index contributed by atoms with van der Waals surface area (Å²) in [5, 5.41) is 8.57. The van der Waals surface area contributed by atoms with Gasteiger partial charge >= 0.3 is 5.97 Å². The summed E-state index contributed by atoms with van der Waals surface area (Å²) in [6.45, 7) is 2.11. The highest BCUT2D eigenvalue weighted by atomic mass is 16.4. The highest BCUT2D eigenvalue weighted by molar-refractivity contribution is 5.93. The molecule has 0 saturated carbocycles. The number of hydrogen-bond acceptors (Lipinski definition) is 4. The molecule has 0 bridgehead atoms. The molecule has 0 saturated heterocycles. The number of aliphatic carboxylic acids is 1. The van der Waals surface area contributed by atoms with Crippen molar-refractivity contribution in [2.24, 2.45) is 0 Å². The van der Waals surface area contributed by atoms with Crippen LogP contribution >= 0.6 is 0 Å². The molecular weight excluding hydrogens is 294 g/mol. The van der Waals surface area contributed by atoms with E-state index >= 15 is 0 Å². The summed E-state index contributed by atoms with van der Waals surface area (Å²) in [5.41, 5.74) is 0.862. The maximum atomic E-state index is 11.7. The summed E-state index contributed by atoms with van der Waals surface area (Å²) in [4.78, 5) is 26.3. The molecule has 0 aliphatic carbocycles. The van der Waals surface area contributed by atoms with Gasteiger partial charge in [0.05, 0.1) is 5.69 Å². The van der Waals surface area contributed by atoms with Gasteiger partial charge in [-0.05, 0) is 37.8 Å². The number of rotatable bonds is 13. The van der Waals surface area contributed by atoms with Crippen molar-refractivity contribution in [2.45, 2.75) is 71.1 Å². The zero-order chi connectivity index (χ0) is 16.9. The van der Waals surface area contributed by atoms with E-state index in [1.165, 1.54) is 6.39 Å². The molecule has 0 aliphatic heterocycles. The van der Waals surface area contributed by atoms with Gasteiger partial charge in [-0.25, -0.2) is 4.98 Å². The Bertz CT molecular complexity index is 505. The number of unbranched alkanes of at least 4 members (excludes halogenated alkanes) is 5. The van der Waals surface area contributed by atoms with E-state index in [4.69, 9.17) is 9.52 Å². The molecule has 5 nitrogen and oxygen atoms in total. The summed E-state index contributed by atoms with van der Waals surface area (Å²) in [6, 6.07) is 0. The zero-order valence-corrected chi connectivity index (χ0v) is 13.9. The first-order valence-electron chi connectivity index (χ1n) is 8.48. The standard InChI is InChI=1S/C18H27NO4/c1-2-3-6-9-15(20)12-13-17-16(19-14-23-17)10-7-4-5-8-11-18(21)22/h12-14H,2-11H2,1H3,(H,21,22). The molecule has 0 fully saturated rings. The van der Waals surface area contributed by atoms with Crippen LogP contribution in [-0.2, 0) is 16.0 Å². The lowest BCUT2D eigenvalue weighted by Crippen LogP contribution is -1.94. The minimum absolute atomic E-state index is 0.120. The lowest BCUT2D eigenvalue weighted by atomic mass is 10.1. The minimum atomic E-state index is -0.738. The Balaban J connectivity index is 2.29. The SMILES string of the molecule is CCCCCC(=O)C=Cc1ocnc1CCCCCCC(=O)O. The van der Waals surface area contributed by atoms with Gasteiger partial charge in [0.25, 0.3) is 0 Å². The molecule has 0 atom stereocenters. The van der Waals surface area contributed by atoms with Gasteiger partial charge in [0.2, 0.25) is 0 Å². The largest absolute Gasteiger partial charge is 0.481 e. The molecule has 0 amide bonds. The number of oxazole rings is 1. The number of aromatic nitrogens is 1. The summed E-state index contributed by atoms with van der Waals surface area (Å²) in [5.74, 6) is 0.0337. The van der Waals surface area contributed by atoms with Crippen molar-refractivity contribution in [1.82, 2.24) is 4.98 Å². The second-order valence-corrected chi connectivity index (χ2v) is 5.73. The van der Waals surface area contributed by atoms with Crippen LogP contribution in [0.4, 0.5) is 0 Å². The Morgan fingerprint density at radius 2 is 1.87 bits per heavy atom. The molecule has 0 unspecified atom stereocenters. The van der Waals surface area contributed by atoms with Gasteiger partial charge < -0.3 is 9.52 Å². The van der Waals surface area contributed by atoms with Crippen molar-refractivity contribution in [1.29, 1.82) is 0 Å². The molecule has 23 heavy (non-hydrogen) atoms. The molecule has 1 rings (SSSR count). The first-order valence-corrected chi connectivity index (χ1v) is 8.48. The fraction of sp³-hybridized carbons (Fsp3) is 0.611. The average Bonchev–Trinajstić information content (AvgIpc) is 2.96. The Morgan fingerprint density at radius 3 is 2.61 bits per heavy atom. The number of carbonyl (C=O) groups is 2. The summed E-state index contributed by atoms with van der Waals surface area (Å²) < 4.78 is 5.32. The van der Waals surface area contributed by atoms with E-state index in [0.29, 0.717) is 18.6 Å². The van der Waals surface area contributed by atoms with Crippen LogP contribution in [0.15, 0.2) is 16.9 Å². The zero-order valence-electron chi connectivity index (χ0n) is 13.9. The van der Waals surface area contributed by atoms with E-state index < -0.39 is 5.97 Å². The smallest absolute Gasteiger partial charge is 0.303 e. The number of carboxylic acids is 1. The van der Waals surface area contributed by atoms with Crippen LogP contribution in [-0.4, -0.2) is 21.8 Å². The summed E-state index contributed by atoms with van der Waals surface area (Å²) in [7, 11) is 0. The van der Waals surface area contributed by atoms with Gasteiger partial charge in [0, 0.05) is 12.8 Å². The number of nitrogens with zero attached hydrogens (tertiary/aromatic N) is 1. The van der Waals surface area contributed by atoms with E-state index in [-0.39, 0.29) is 12.2 Å².